The Bertz CT molecular complexity index is 283. The van der Waals surface area contributed by atoms with Gasteiger partial charge in [0.15, 0.2) is 5.79 Å². The predicted octanol–water partition coefficient (Wildman–Crippen LogP) is 2.38. The van der Waals surface area contributed by atoms with E-state index in [1.54, 1.807) is 0 Å². The summed E-state index contributed by atoms with van der Waals surface area (Å²) >= 11 is 0. The second-order valence-corrected chi connectivity index (χ2v) is 6.36. The molecule has 2 aliphatic heterocycles. The molecule has 1 atom stereocenters. The minimum absolute atomic E-state index is 0.360. The van der Waals surface area contributed by atoms with Gasteiger partial charge in [-0.2, -0.15) is 0 Å². The van der Waals surface area contributed by atoms with Crippen LogP contribution in [0.3, 0.4) is 0 Å². The van der Waals surface area contributed by atoms with E-state index in [2.05, 4.69) is 0 Å². The van der Waals surface area contributed by atoms with Gasteiger partial charge in [-0.25, -0.2) is 0 Å². The van der Waals surface area contributed by atoms with Gasteiger partial charge >= 0.3 is 0 Å². The Morgan fingerprint density at radius 1 is 1.00 bits per heavy atom. The van der Waals surface area contributed by atoms with Gasteiger partial charge in [0.1, 0.15) is 0 Å². The monoisotopic (exact) mass is 270 g/mol. The van der Waals surface area contributed by atoms with Crippen LogP contribution in [-0.2, 0) is 14.2 Å². The van der Waals surface area contributed by atoms with Gasteiger partial charge < -0.3 is 19.3 Å². The lowest BCUT2D eigenvalue weighted by atomic mass is 9.78. The standard InChI is InChI=1S/C15H26O4/c16-14(5-1-3-13-4-2-10-17-13)6-8-15(9-7-14)18-11-12-19-15/h13,16H,1-12H2. The minimum Gasteiger partial charge on any atom is -0.390 e. The van der Waals surface area contributed by atoms with E-state index in [1.165, 1.54) is 12.8 Å². The second kappa shape index (κ2) is 5.68. The highest BCUT2D eigenvalue weighted by Gasteiger charge is 2.45. The first-order valence-electron chi connectivity index (χ1n) is 7.82. The van der Waals surface area contributed by atoms with Crippen LogP contribution in [0.4, 0.5) is 0 Å². The quantitative estimate of drug-likeness (QED) is 0.852. The van der Waals surface area contributed by atoms with E-state index < -0.39 is 5.60 Å². The van der Waals surface area contributed by atoms with Crippen LogP contribution >= 0.6 is 0 Å². The summed E-state index contributed by atoms with van der Waals surface area (Å²) in [6.45, 7) is 2.33. The first-order chi connectivity index (χ1) is 9.20. The van der Waals surface area contributed by atoms with Gasteiger partial charge in [0.25, 0.3) is 0 Å². The zero-order valence-electron chi connectivity index (χ0n) is 11.7. The van der Waals surface area contributed by atoms with Gasteiger partial charge in [-0.05, 0) is 44.9 Å². The van der Waals surface area contributed by atoms with Crippen LogP contribution in [0.25, 0.3) is 0 Å². The molecule has 0 radical (unpaired) electrons. The summed E-state index contributed by atoms with van der Waals surface area (Å²) in [5, 5.41) is 10.6. The second-order valence-electron chi connectivity index (χ2n) is 6.36. The molecule has 1 N–H and O–H groups in total. The highest BCUT2D eigenvalue weighted by atomic mass is 16.7. The first kappa shape index (κ1) is 13.8. The zero-order valence-corrected chi connectivity index (χ0v) is 11.7. The molecule has 19 heavy (non-hydrogen) atoms. The van der Waals surface area contributed by atoms with E-state index in [9.17, 15) is 5.11 Å². The average Bonchev–Trinajstić information content (AvgIpc) is 3.06. The van der Waals surface area contributed by atoms with Crippen LogP contribution in [0, 0.1) is 0 Å². The summed E-state index contributed by atoms with van der Waals surface area (Å²) in [7, 11) is 0. The average molecular weight is 270 g/mol. The summed E-state index contributed by atoms with van der Waals surface area (Å²) in [5.74, 6) is -0.360. The third-order valence-electron chi connectivity index (χ3n) is 4.95. The van der Waals surface area contributed by atoms with E-state index in [0.29, 0.717) is 19.3 Å². The molecule has 0 aromatic rings. The lowest BCUT2D eigenvalue weighted by molar-refractivity contribution is -0.203. The maximum atomic E-state index is 10.6. The predicted molar refractivity (Wildman–Crippen MR) is 70.9 cm³/mol. The third kappa shape index (κ3) is 3.30. The smallest absolute Gasteiger partial charge is 0.168 e. The summed E-state index contributed by atoms with van der Waals surface area (Å²) in [5.41, 5.74) is -0.501. The van der Waals surface area contributed by atoms with Crippen molar-refractivity contribution in [2.75, 3.05) is 19.8 Å². The molecule has 0 aromatic heterocycles. The van der Waals surface area contributed by atoms with E-state index in [-0.39, 0.29) is 5.79 Å². The van der Waals surface area contributed by atoms with Gasteiger partial charge in [0.05, 0.1) is 24.9 Å². The van der Waals surface area contributed by atoms with Crippen LogP contribution in [0.15, 0.2) is 0 Å². The molecule has 1 saturated carbocycles. The van der Waals surface area contributed by atoms with E-state index in [4.69, 9.17) is 14.2 Å². The third-order valence-corrected chi connectivity index (χ3v) is 4.95. The highest BCUT2D eigenvalue weighted by Crippen LogP contribution is 2.42. The van der Waals surface area contributed by atoms with Crippen molar-refractivity contribution in [2.45, 2.75) is 75.3 Å². The SMILES string of the molecule is OC1(CCCC2CCCO2)CCC2(CC1)OCCO2. The molecule has 4 heteroatoms. The Morgan fingerprint density at radius 2 is 1.74 bits per heavy atom. The normalized spacial score (nSPS) is 33.0. The molecule has 2 heterocycles. The van der Waals surface area contributed by atoms with Crippen LogP contribution in [-0.4, -0.2) is 42.4 Å². The Hall–Kier alpha value is -0.160. The fraction of sp³-hybridized carbons (Fsp3) is 1.00. The molecule has 110 valence electrons. The summed E-state index contributed by atoms with van der Waals surface area (Å²) < 4.78 is 17.0. The number of ether oxygens (including phenoxy) is 3. The van der Waals surface area contributed by atoms with Crippen molar-refractivity contribution >= 4 is 0 Å². The molecular weight excluding hydrogens is 244 g/mol. The lowest BCUT2D eigenvalue weighted by Crippen LogP contribution is -2.43. The van der Waals surface area contributed by atoms with Gasteiger partial charge in [0, 0.05) is 19.4 Å². The van der Waals surface area contributed by atoms with Crippen molar-refractivity contribution in [3.8, 4) is 0 Å². The number of aliphatic hydroxyl groups is 1. The van der Waals surface area contributed by atoms with Gasteiger partial charge in [-0.1, -0.05) is 0 Å². The number of hydrogen-bond donors (Lipinski definition) is 1. The van der Waals surface area contributed by atoms with Gasteiger partial charge in [-0.3, -0.25) is 0 Å². The molecule has 0 bridgehead atoms. The van der Waals surface area contributed by atoms with Crippen molar-refractivity contribution in [3.63, 3.8) is 0 Å². The molecule has 1 aliphatic carbocycles. The number of hydrogen-bond acceptors (Lipinski definition) is 4. The maximum absolute atomic E-state index is 10.6. The molecule has 0 aromatic carbocycles. The fourth-order valence-corrected chi connectivity index (χ4v) is 3.66. The zero-order chi connectivity index (χ0) is 13.2. The lowest BCUT2D eigenvalue weighted by Gasteiger charge is -2.40. The van der Waals surface area contributed by atoms with Crippen molar-refractivity contribution in [1.82, 2.24) is 0 Å². The molecule has 3 rings (SSSR count). The number of rotatable bonds is 4. The molecule has 3 aliphatic rings. The van der Waals surface area contributed by atoms with E-state index in [0.717, 1.165) is 51.6 Å². The highest BCUT2D eigenvalue weighted by molar-refractivity contribution is 4.91. The van der Waals surface area contributed by atoms with Crippen LogP contribution in [0.1, 0.15) is 57.8 Å². The van der Waals surface area contributed by atoms with Crippen LogP contribution < -0.4 is 0 Å². The van der Waals surface area contributed by atoms with Crippen molar-refractivity contribution < 1.29 is 19.3 Å². The summed E-state index contributed by atoms with van der Waals surface area (Å²) in [6.07, 6.45) is 9.18. The Morgan fingerprint density at radius 3 is 2.37 bits per heavy atom. The van der Waals surface area contributed by atoms with Crippen molar-refractivity contribution in [2.24, 2.45) is 0 Å². The molecule has 1 spiro atoms. The Kier molecular flexibility index (Phi) is 4.13. The molecule has 1 unspecified atom stereocenters. The van der Waals surface area contributed by atoms with Gasteiger partial charge in [-0.15, -0.1) is 0 Å². The molecule has 4 nitrogen and oxygen atoms in total. The molecule has 2 saturated heterocycles. The van der Waals surface area contributed by atoms with Crippen molar-refractivity contribution in [1.29, 1.82) is 0 Å². The van der Waals surface area contributed by atoms with E-state index >= 15 is 0 Å². The fourth-order valence-electron chi connectivity index (χ4n) is 3.66. The summed E-state index contributed by atoms with van der Waals surface area (Å²) in [4.78, 5) is 0. The Labute approximate surface area is 115 Å². The van der Waals surface area contributed by atoms with Gasteiger partial charge in [0.2, 0.25) is 0 Å². The van der Waals surface area contributed by atoms with Crippen LogP contribution in [0.2, 0.25) is 0 Å². The topological polar surface area (TPSA) is 47.9 Å². The van der Waals surface area contributed by atoms with E-state index in [1.807, 2.05) is 0 Å². The molecule has 3 fully saturated rings. The summed E-state index contributed by atoms with van der Waals surface area (Å²) in [6, 6.07) is 0. The largest absolute Gasteiger partial charge is 0.390 e. The minimum atomic E-state index is -0.501. The Balaban J connectivity index is 1.40. The first-order valence-corrected chi connectivity index (χ1v) is 7.82. The molecule has 0 amide bonds. The maximum Gasteiger partial charge on any atom is 0.168 e. The molecular formula is C15H26O4. The van der Waals surface area contributed by atoms with Crippen molar-refractivity contribution in [3.05, 3.63) is 0 Å². The van der Waals surface area contributed by atoms with Crippen LogP contribution in [0.5, 0.6) is 0 Å².